The molecule has 4 heteroatoms. The van der Waals surface area contributed by atoms with Crippen LogP contribution in [0.2, 0.25) is 0 Å². The number of hydrogen-bond acceptors (Lipinski definition) is 3. The molecule has 0 heterocycles. The zero-order valence-electron chi connectivity index (χ0n) is 15.6. The molecule has 1 N–H and O–H groups in total. The first kappa shape index (κ1) is 18.8. The highest BCUT2D eigenvalue weighted by Gasteiger charge is 2.07. The van der Waals surface area contributed by atoms with E-state index in [2.05, 4.69) is 44.0 Å². The number of nitrogens with one attached hydrogen (secondary N) is 1. The molecule has 134 valence electrons. The van der Waals surface area contributed by atoms with Crippen molar-refractivity contribution >= 4 is 17.3 Å². The minimum atomic E-state index is -0.162. The van der Waals surface area contributed by atoms with Gasteiger partial charge in [-0.05, 0) is 61.7 Å². The SMILES string of the molecule is CCN(CC)c1ccc(NC(=O)COc2cccc(C(C)C)c2)cc1. The number of carbonyl (C=O) groups is 1. The predicted molar refractivity (Wildman–Crippen MR) is 105 cm³/mol. The molecule has 0 spiro atoms. The molecular formula is C21H28N2O2. The van der Waals surface area contributed by atoms with Crippen LogP contribution in [0.5, 0.6) is 5.75 Å². The standard InChI is InChI=1S/C21H28N2O2/c1-5-23(6-2)19-12-10-18(11-13-19)22-21(24)15-25-20-9-7-8-17(14-20)16(3)4/h7-14,16H,5-6,15H2,1-4H3,(H,22,24). The zero-order valence-corrected chi connectivity index (χ0v) is 15.6. The molecule has 2 rings (SSSR count). The van der Waals surface area contributed by atoms with Crippen molar-refractivity contribution in [1.29, 1.82) is 0 Å². The summed E-state index contributed by atoms with van der Waals surface area (Å²) in [6, 6.07) is 15.8. The molecule has 2 aromatic rings. The third-order valence-corrected chi connectivity index (χ3v) is 4.17. The summed E-state index contributed by atoms with van der Waals surface area (Å²) in [7, 11) is 0. The summed E-state index contributed by atoms with van der Waals surface area (Å²) < 4.78 is 5.61. The monoisotopic (exact) mass is 340 g/mol. The van der Waals surface area contributed by atoms with Gasteiger partial charge in [-0.15, -0.1) is 0 Å². The first-order chi connectivity index (χ1) is 12.0. The van der Waals surface area contributed by atoms with Crippen LogP contribution in [-0.2, 0) is 4.79 Å². The Labute approximate surface area is 150 Å². The molecule has 1 amide bonds. The van der Waals surface area contributed by atoms with Crippen LogP contribution in [-0.4, -0.2) is 25.6 Å². The van der Waals surface area contributed by atoms with Crippen LogP contribution in [0.25, 0.3) is 0 Å². The summed E-state index contributed by atoms with van der Waals surface area (Å²) >= 11 is 0. The van der Waals surface area contributed by atoms with Gasteiger partial charge in [-0.2, -0.15) is 0 Å². The van der Waals surface area contributed by atoms with Crippen molar-refractivity contribution < 1.29 is 9.53 Å². The zero-order chi connectivity index (χ0) is 18.2. The van der Waals surface area contributed by atoms with Crippen LogP contribution in [0.15, 0.2) is 48.5 Å². The van der Waals surface area contributed by atoms with Gasteiger partial charge in [0.15, 0.2) is 6.61 Å². The minimum Gasteiger partial charge on any atom is -0.484 e. The topological polar surface area (TPSA) is 41.6 Å². The second-order valence-electron chi connectivity index (χ2n) is 6.28. The van der Waals surface area contributed by atoms with E-state index >= 15 is 0 Å². The van der Waals surface area contributed by atoms with Gasteiger partial charge in [-0.25, -0.2) is 0 Å². The third-order valence-electron chi connectivity index (χ3n) is 4.17. The molecule has 2 aromatic carbocycles. The predicted octanol–water partition coefficient (Wildman–Crippen LogP) is 4.67. The molecule has 0 aliphatic rings. The fraction of sp³-hybridized carbons (Fsp3) is 0.381. The quantitative estimate of drug-likeness (QED) is 0.759. The summed E-state index contributed by atoms with van der Waals surface area (Å²) in [5.74, 6) is 0.991. The highest BCUT2D eigenvalue weighted by atomic mass is 16.5. The lowest BCUT2D eigenvalue weighted by atomic mass is 10.0. The van der Waals surface area contributed by atoms with E-state index in [1.54, 1.807) is 0 Å². The van der Waals surface area contributed by atoms with Gasteiger partial charge >= 0.3 is 0 Å². The molecule has 0 fully saturated rings. The van der Waals surface area contributed by atoms with Gasteiger partial charge in [-0.3, -0.25) is 4.79 Å². The first-order valence-corrected chi connectivity index (χ1v) is 8.91. The van der Waals surface area contributed by atoms with Crippen LogP contribution in [0.4, 0.5) is 11.4 Å². The van der Waals surface area contributed by atoms with E-state index in [-0.39, 0.29) is 12.5 Å². The molecule has 25 heavy (non-hydrogen) atoms. The Hall–Kier alpha value is -2.49. The van der Waals surface area contributed by atoms with E-state index < -0.39 is 0 Å². The van der Waals surface area contributed by atoms with Gasteiger partial charge < -0.3 is 15.0 Å². The Balaban J connectivity index is 1.89. The fourth-order valence-corrected chi connectivity index (χ4v) is 2.65. The average molecular weight is 340 g/mol. The van der Waals surface area contributed by atoms with Crippen LogP contribution < -0.4 is 15.0 Å². The van der Waals surface area contributed by atoms with Crippen LogP contribution in [0.1, 0.15) is 39.2 Å². The number of rotatable bonds is 8. The lowest BCUT2D eigenvalue weighted by Crippen LogP contribution is -2.22. The molecule has 0 saturated heterocycles. The number of nitrogens with zero attached hydrogens (tertiary/aromatic N) is 1. The Morgan fingerprint density at radius 2 is 1.76 bits per heavy atom. The molecule has 0 atom stereocenters. The first-order valence-electron chi connectivity index (χ1n) is 8.91. The second kappa shape index (κ2) is 9.11. The highest BCUT2D eigenvalue weighted by Crippen LogP contribution is 2.20. The van der Waals surface area contributed by atoms with Crippen molar-refractivity contribution in [2.75, 3.05) is 29.9 Å². The molecular weight excluding hydrogens is 312 g/mol. The molecule has 0 aliphatic carbocycles. The molecule has 4 nitrogen and oxygen atoms in total. The third kappa shape index (κ3) is 5.52. The van der Waals surface area contributed by atoms with E-state index in [4.69, 9.17) is 4.74 Å². The fourth-order valence-electron chi connectivity index (χ4n) is 2.65. The highest BCUT2D eigenvalue weighted by molar-refractivity contribution is 5.92. The van der Waals surface area contributed by atoms with Crippen LogP contribution in [0, 0.1) is 0 Å². The van der Waals surface area contributed by atoms with Crippen molar-refractivity contribution in [3.63, 3.8) is 0 Å². The molecule has 0 saturated carbocycles. The van der Waals surface area contributed by atoms with Crippen molar-refractivity contribution in [2.45, 2.75) is 33.6 Å². The van der Waals surface area contributed by atoms with E-state index in [0.717, 1.165) is 30.2 Å². The lowest BCUT2D eigenvalue weighted by Gasteiger charge is -2.21. The van der Waals surface area contributed by atoms with Gasteiger partial charge in [0.25, 0.3) is 5.91 Å². The molecule has 0 unspecified atom stereocenters. The summed E-state index contributed by atoms with van der Waals surface area (Å²) in [5, 5.41) is 2.87. The number of ether oxygens (including phenoxy) is 1. The maximum Gasteiger partial charge on any atom is 0.262 e. The maximum absolute atomic E-state index is 12.1. The van der Waals surface area contributed by atoms with Crippen LogP contribution in [0.3, 0.4) is 0 Å². The summed E-state index contributed by atoms with van der Waals surface area (Å²) in [6.07, 6.45) is 0. The van der Waals surface area contributed by atoms with Gasteiger partial charge in [0.1, 0.15) is 5.75 Å². The van der Waals surface area contributed by atoms with Gasteiger partial charge in [0.2, 0.25) is 0 Å². The minimum absolute atomic E-state index is 0.000650. The normalized spacial score (nSPS) is 10.6. The Bertz CT molecular complexity index is 677. The van der Waals surface area contributed by atoms with Crippen molar-refractivity contribution in [3.8, 4) is 5.75 Å². The number of benzene rings is 2. The number of amides is 1. The van der Waals surface area contributed by atoms with Crippen molar-refractivity contribution in [1.82, 2.24) is 0 Å². The van der Waals surface area contributed by atoms with E-state index in [1.807, 2.05) is 42.5 Å². The van der Waals surface area contributed by atoms with Crippen molar-refractivity contribution in [3.05, 3.63) is 54.1 Å². The Morgan fingerprint density at radius 3 is 2.36 bits per heavy atom. The number of hydrogen-bond donors (Lipinski definition) is 1. The van der Waals surface area contributed by atoms with Gasteiger partial charge in [0.05, 0.1) is 0 Å². The summed E-state index contributed by atoms with van der Waals surface area (Å²) in [4.78, 5) is 14.3. The second-order valence-corrected chi connectivity index (χ2v) is 6.28. The van der Waals surface area contributed by atoms with Gasteiger partial charge in [0, 0.05) is 24.5 Å². The molecule has 0 bridgehead atoms. The Kier molecular flexibility index (Phi) is 6.87. The van der Waals surface area contributed by atoms with Crippen LogP contribution >= 0.6 is 0 Å². The molecule has 0 aromatic heterocycles. The van der Waals surface area contributed by atoms with E-state index in [0.29, 0.717) is 5.92 Å². The average Bonchev–Trinajstić information content (AvgIpc) is 2.62. The molecule has 0 radical (unpaired) electrons. The lowest BCUT2D eigenvalue weighted by molar-refractivity contribution is -0.118. The van der Waals surface area contributed by atoms with Gasteiger partial charge in [-0.1, -0.05) is 26.0 Å². The smallest absolute Gasteiger partial charge is 0.262 e. The molecule has 0 aliphatic heterocycles. The van der Waals surface area contributed by atoms with E-state index in [9.17, 15) is 4.79 Å². The van der Waals surface area contributed by atoms with E-state index in [1.165, 1.54) is 5.56 Å². The number of carbonyl (C=O) groups excluding carboxylic acids is 1. The largest absolute Gasteiger partial charge is 0.484 e. The maximum atomic E-state index is 12.1. The van der Waals surface area contributed by atoms with Crippen molar-refractivity contribution in [2.24, 2.45) is 0 Å². The Morgan fingerprint density at radius 1 is 1.08 bits per heavy atom. The number of anilines is 2. The summed E-state index contributed by atoms with van der Waals surface area (Å²) in [6.45, 7) is 10.5. The summed E-state index contributed by atoms with van der Waals surface area (Å²) in [5.41, 5.74) is 3.13.